The summed E-state index contributed by atoms with van der Waals surface area (Å²) in [5.41, 5.74) is 1.67. The Morgan fingerprint density at radius 2 is 2.27 bits per heavy atom. The van der Waals surface area contributed by atoms with Crippen molar-refractivity contribution < 1.29 is 4.74 Å². The number of hydrogen-bond acceptors (Lipinski definition) is 3. The van der Waals surface area contributed by atoms with Crippen molar-refractivity contribution in [2.24, 2.45) is 0 Å². The van der Waals surface area contributed by atoms with Crippen molar-refractivity contribution in [3.8, 4) is 0 Å². The van der Waals surface area contributed by atoms with Crippen molar-refractivity contribution in [3.63, 3.8) is 0 Å². The van der Waals surface area contributed by atoms with Crippen LogP contribution in [0, 0.1) is 6.92 Å². The van der Waals surface area contributed by atoms with Gasteiger partial charge in [-0.1, -0.05) is 11.6 Å². The molecule has 1 aromatic heterocycles. The fourth-order valence-corrected chi connectivity index (χ4v) is 3.36. The molecule has 1 atom stereocenters. The molecule has 1 saturated heterocycles. The molecule has 3 rings (SSSR count). The Bertz CT molecular complexity index is 720. The van der Waals surface area contributed by atoms with E-state index in [1.54, 1.807) is 17.0 Å². The highest BCUT2D eigenvalue weighted by atomic mass is 35.5. The zero-order chi connectivity index (χ0) is 15.5. The van der Waals surface area contributed by atoms with Crippen molar-refractivity contribution in [1.29, 1.82) is 0 Å². The molecule has 0 bridgehead atoms. The second-order valence-electron chi connectivity index (χ2n) is 5.99. The second-order valence-corrected chi connectivity index (χ2v) is 6.43. The number of benzene rings is 1. The van der Waals surface area contributed by atoms with E-state index < -0.39 is 0 Å². The van der Waals surface area contributed by atoms with Crippen LogP contribution in [0.2, 0.25) is 5.02 Å². The number of hydrogen-bond donors (Lipinski definition) is 0. The van der Waals surface area contributed by atoms with Gasteiger partial charge in [-0.25, -0.2) is 4.98 Å². The van der Waals surface area contributed by atoms with Gasteiger partial charge in [0, 0.05) is 18.2 Å². The summed E-state index contributed by atoms with van der Waals surface area (Å²) < 4.78 is 7.31. The number of aryl methyl sites for hydroxylation is 2. The summed E-state index contributed by atoms with van der Waals surface area (Å²) in [6.07, 6.45) is 7.55. The van der Waals surface area contributed by atoms with E-state index in [-0.39, 0.29) is 5.56 Å². The molecule has 4 nitrogen and oxygen atoms in total. The molecular weight excluding hydrogens is 300 g/mol. The third-order valence-corrected chi connectivity index (χ3v) is 4.50. The Labute approximate surface area is 135 Å². The largest absolute Gasteiger partial charge is 0.378 e. The highest BCUT2D eigenvalue weighted by Gasteiger charge is 2.14. The molecule has 5 heteroatoms. The molecule has 1 aliphatic heterocycles. The van der Waals surface area contributed by atoms with Gasteiger partial charge in [0.25, 0.3) is 5.56 Å². The van der Waals surface area contributed by atoms with Crippen LogP contribution in [0.15, 0.2) is 23.3 Å². The predicted molar refractivity (Wildman–Crippen MR) is 88.6 cm³/mol. The summed E-state index contributed by atoms with van der Waals surface area (Å²) in [5, 5.41) is 1.19. The number of unbranched alkanes of at least 4 members (excludes halogenated alkanes) is 1. The first-order valence-corrected chi connectivity index (χ1v) is 8.30. The standard InChI is InChI=1S/C17H21ClN2O2/c1-12-9-13(18)10-15-16(12)19-11-20(17(15)21)7-3-2-5-14-6-4-8-22-14/h9-11,14H,2-8H2,1H3/t14-/m1/s1. The minimum Gasteiger partial charge on any atom is -0.378 e. The smallest absolute Gasteiger partial charge is 0.261 e. The highest BCUT2D eigenvalue weighted by molar-refractivity contribution is 6.31. The van der Waals surface area contributed by atoms with E-state index in [9.17, 15) is 4.79 Å². The van der Waals surface area contributed by atoms with Gasteiger partial charge in [0.1, 0.15) is 0 Å². The number of fused-ring (bicyclic) bond motifs is 1. The number of rotatable bonds is 5. The molecule has 118 valence electrons. The first kappa shape index (κ1) is 15.5. The normalized spacial score (nSPS) is 18.2. The van der Waals surface area contributed by atoms with Crippen molar-refractivity contribution in [2.45, 2.75) is 51.7 Å². The van der Waals surface area contributed by atoms with Crippen molar-refractivity contribution >= 4 is 22.5 Å². The lowest BCUT2D eigenvalue weighted by atomic mass is 10.1. The molecule has 0 saturated carbocycles. The summed E-state index contributed by atoms with van der Waals surface area (Å²) in [5.74, 6) is 0. The summed E-state index contributed by atoms with van der Waals surface area (Å²) in [6, 6.07) is 3.55. The topological polar surface area (TPSA) is 44.1 Å². The highest BCUT2D eigenvalue weighted by Crippen LogP contribution is 2.20. The van der Waals surface area contributed by atoms with Gasteiger partial charge in [0.15, 0.2) is 0 Å². The van der Waals surface area contributed by atoms with Crippen LogP contribution in [0.3, 0.4) is 0 Å². The molecule has 22 heavy (non-hydrogen) atoms. The first-order valence-electron chi connectivity index (χ1n) is 7.92. The Balaban J connectivity index is 1.68. The molecule has 1 aromatic carbocycles. The van der Waals surface area contributed by atoms with E-state index in [1.165, 1.54) is 12.8 Å². The SMILES string of the molecule is Cc1cc(Cl)cc2c(=O)n(CCCC[C@@H]3CCCO3)cnc12. The minimum atomic E-state index is -0.00674. The Morgan fingerprint density at radius 3 is 3.05 bits per heavy atom. The van der Waals surface area contributed by atoms with Crippen molar-refractivity contribution in [1.82, 2.24) is 9.55 Å². The van der Waals surface area contributed by atoms with Gasteiger partial charge in [-0.3, -0.25) is 9.36 Å². The van der Waals surface area contributed by atoms with E-state index in [4.69, 9.17) is 16.3 Å². The maximum atomic E-state index is 12.5. The average Bonchev–Trinajstić information content (AvgIpc) is 2.99. The van der Waals surface area contributed by atoms with E-state index in [2.05, 4.69) is 4.98 Å². The van der Waals surface area contributed by atoms with Crippen molar-refractivity contribution in [2.75, 3.05) is 6.61 Å². The third kappa shape index (κ3) is 3.33. The van der Waals surface area contributed by atoms with Gasteiger partial charge < -0.3 is 4.74 Å². The molecule has 1 fully saturated rings. The summed E-state index contributed by atoms with van der Waals surface area (Å²) in [6.45, 7) is 3.52. The summed E-state index contributed by atoms with van der Waals surface area (Å²) in [4.78, 5) is 16.9. The second kappa shape index (κ2) is 6.80. The molecule has 1 aliphatic rings. The Kier molecular flexibility index (Phi) is 4.79. The lowest BCUT2D eigenvalue weighted by molar-refractivity contribution is 0.102. The van der Waals surface area contributed by atoms with Crippen LogP contribution in [-0.4, -0.2) is 22.3 Å². The molecule has 0 radical (unpaired) electrons. The summed E-state index contributed by atoms with van der Waals surface area (Å²) in [7, 11) is 0. The van der Waals surface area contributed by atoms with Crippen LogP contribution in [0.1, 0.15) is 37.7 Å². The third-order valence-electron chi connectivity index (χ3n) is 4.28. The molecule has 0 spiro atoms. The van der Waals surface area contributed by atoms with E-state index in [1.807, 2.05) is 13.0 Å². The fourth-order valence-electron chi connectivity index (χ4n) is 3.09. The van der Waals surface area contributed by atoms with Crippen LogP contribution in [0.5, 0.6) is 0 Å². The monoisotopic (exact) mass is 320 g/mol. The Hall–Kier alpha value is -1.39. The maximum absolute atomic E-state index is 12.5. The molecule has 2 heterocycles. The van der Waals surface area contributed by atoms with Gasteiger partial charge in [0.05, 0.1) is 23.3 Å². The summed E-state index contributed by atoms with van der Waals surface area (Å²) >= 11 is 6.06. The van der Waals surface area contributed by atoms with Gasteiger partial charge in [0.2, 0.25) is 0 Å². The lowest BCUT2D eigenvalue weighted by Crippen LogP contribution is -2.21. The molecule has 0 aliphatic carbocycles. The number of halogens is 1. The van der Waals surface area contributed by atoms with Gasteiger partial charge in [-0.05, 0) is 56.7 Å². The molecule has 2 aromatic rings. The van der Waals surface area contributed by atoms with E-state index in [0.29, 0.717) is 23.1 Å². The zero-order valence-corrected chi connectivity index (χ0v) is 13.6. The zero-order valence-electron chi connectivity index (χ0n) is 12.8. The van der Waals surface area contributed by atoms with Gasteiger partial charge >= 0.3 is 0 Å². The van der Waals surface area contributed by atoms with E-state index in [0.717, 1.165) is 36.9 Å². The van der Waals surface area contributed by atoms with Gasteiger partial charge in [-0.15, -0.1) is 0 Å². The van der Waals surface area contributed by atoms with Crippen LogP contribution in [0.25, 0.3) is 10.9 Å². The average molecular weight is 321 g/mol. The Morgan fingerprint density at radius 1 is 1.41 bits per heavy atom. The maximum Gasteiger partial charge on any atom is 0.261 e. The molecular formula is C17H21ClN2O2. The van der Waals surface area contributed by atoms with Gasteiger partial charge in [-0.2, -0.15) is 0 Å². The van der Waals surface area contributed by atoms with Crippen LogP contribution < -0.4 is 5.56 Å². The number of nitrogens with zero attached hydrogens (tertiary/aromatic N) is 2. The van der Waals surface area contributed by atoms with E-state index >= 15 is 0 Å². The molecule has 0 N–H and O–H groups in total. The molecule has 0 amide bonds. The molecule has 0 unspecified atom stereocenters. The number of aromatic nitrogens is 2. The predicted octanol–water partition coefficient (Wildman–Crippen LogP) is 3.71. The van der Waals surface area contributed by atoms with Crippen LogP contribution >= 0.6 is 11.6 Å². The van der Waals surface area contributed by atoms with Crippen LogP contribution in [-0.2, 0) is 11.3 Å². The lowest BCUT2D eigenvalue weighted by Gasteiger charge is -2.10. The first-order chi connectivity index (χ1) is 10.6. The van der Waals surface area contributed by atoms with Crippen molar-refractivity contribution in [3.05, 3.63) is 39.4 Å². The quantitative estimate of drug-likeness (QED) is 0.789. The fraction of sp³-hybridized carbons (Fsp3) is 0.529. The number of ether oxygens (including phenoxy) is 1. The minimum absolute atomic E-state index is 0.00674. The van der Waals surface area contributed by atoms with Crippen LogP contribution in [0.4, 0.5) is 0 Å².